The number of carbonyl (C=O) groups excluding carboxylic acids is 2. The molecule has 0 aliphatic carbocycles. The Morgan fingerprint density at radius 3 is 2.88 bits per heavy atom. The van der Waals surface area contributed by atoms with Crippen molar-refractivity contribution in [2.24, 2.45) is 0 Å². The zero-order valence-electron chi connectivity index (χ0n) is 9.90. The van der Waals surface area contributed by atoms with Gasteiger partial charge < -0.3 is 10.2 Å². The van der Waals surface area contributed by atoms with Crippen molar-refractivity contribution in [1.29, 1.82) is 0 Å². The fraction of sp³-hybridized carbons (Fsp3) is 0.385. The van der Waals surface area contributed by atoms with Crippen LogP contribution in [0.3, 0.4) is 0 Å². The number of benzene rings is 1. The van der Waals surface area contributed by atoms with Gasteiger partial charge >= 0.3 is 0 Å². The number of amides is 2. The normalized spacial score (nSPS) is 13.4. The van der Waals surface area contributed by atoms with Crippen molar-refractivity contribution in [2.45, 2.75) is 19.8 Å². The minimum atomic E-state index is -0.207. The van der Waals surface area contributed by atoms with Crippen LogP contribution in [0.25, 0.3) is 0 Å². The Morgan fingerprint density at radius 2 is 2.12 bits per heavy atom. The fourth-order valence-electron chi connectivity index (χ4n) is 2.09. The molecule has 0 aromatic heterocycles. The summed E-state index contributed by atoms with van der Waals surface area (Å²) in [5.74, 6) is -0.331. The number of fused-ring (bicyclic) bond motifs is 1. The van der Waals surface area contributed by atoms with Crippen LogP contribution in [0.15, 0.2) is 24.3 Å². The second-order valence-electron chi connectivity index (χ2n) is 4.05. The molecule has 0 spiro atoms. The lowest BCUT2D eigenvalue weighted by Gasteiger charge is -2.16. The predicted molar refractivity (Wildman–Crippen MR) is 65.8 cm³/mol. The summed E-state index contributed by atoms with van der Waals surface area (Å²) in [4.78, 5) is 25.0. The highest BCUT2D eigenvalue weighted by Crippen LogP contribution is 2.27. The Labute approximate surface area is 101 Å². The minimum absolute atomic E-state index is 0.0673. The van der Waals surface area contributed by atoms with Crippen molar-refractivity contribution < 1.29 is 9.59 Å². The largest absolute Gasteiger partial charge is 0.356 e. The van der Waals surface area contributed by atoms with Gasteiger partial charge in [0.05, 0.1) is 0 Å². The average Bonchev–Trinajstić information content (AvgIpc) is 2.72. The number of nitrogens with one attached hydrogen (secondary N) is 1. The molecule has 2 rings (SSSR count). The van der Waals surface area contributed by atoms with Gasteiger partial charge in [0.15, 0.2) is 0 Å². The topological polar surface area (TPSA) is 49.4 Å². The highest BCUT2D eigenvalue weighted by atomic mass is 16.2. The van der Waals surface area contributed by atoms with E-state index in [-0.39, 0.29) is 18.2 Å². The Balaban J connectivity index is 2.05. The molecule has 0 fully saturated rings. The Bertz CT molecular complexity index is 443. The second-order valence-corrected chi connectivity index (χ2v) is 4.05. The highest BCUT2D eigenvalue weighted by Gasteiger charge is 2.25. The molecule has 0 saturated carbocycles. The monoisotopic (exact) mass is 232 g/mol. The van der Waals surface area contributed by atoms with Gasteiger partial charge in [-0.1, -0.05) is 18.2 Å². The molecule has 4 nitrogen and oxygen atoms in total. The van der Waals surface area contributed by atoms with Gasteiger partial charge in [-0.05, 0) is 25.0 Å². The van der Waals surface area contributed by atoms with Gasteiger partial charge in [-0.3, -0.25) is 9.59 Å². The van der Waals surface area contributed by atoms with Crippen LogP contribution in [0.2, 0.25) is 0 Å². The number of carbonyl (C=O) groups is 2. The van der Waals surface area contributed by atoms with Crippen molar-refractivity contribution in [3.8, 4) is 0 Å². The third kappa shape index (κ3) is 2.46. The molecule has 4 heteroatoms. The lowest BCUT2D eigenvalue weighted by atomic mass is 10.2. The summed E-state index contributed by atoms with van der Waals surface area (Å²) >= 11 is 0. The van der Waals surface area contributed by atoms with Crippen molar-refractivity contribution in [2.75, 3.05) is 18.0 Å². The van der Waals surface area contributed by atoms with Crippen LogP contribution in [-0.2, 0) is 16.0 Å². The van der Waals surface area contributed by atoms with Crippen LogP contribution < -0.4 is 10.2 Å². The summed E-state index contributed by atoms with van der Waals surface area (Å²) in [6.45, 7) is 3.08. The van der Waals surface area contributed by atoms with Gasteiger partial charge in [-0.15, -0.1) is 0 Å². The molecule has 1 aliphatic rings. The van der Waals surface area contributed by atoms with Crippen LogP contribution in [0.1, 0.15) is 18.9 Å². The Hall–Kier alpha value is -1.84. The van der Waals surface area contributed by atoms with Crippen LogP contribution in [-0.4, -0.2) is 24.9 Å². The summed E-state index contributed by atoms with van der Waals surface area (Å²) in [6, 6.07) is 7.83. The number of nitrogens with zero attached hydrogens (tertiary/aromatic N) is 1. The first-order chi connectivity index (χ1) is 8.22. The zero-order chi connectivity index (χ0) is 12.3. The van der Waals surface area contributed by atoms with Crippen LogP contribution in [0.4, 0.5) is 5.69 Å². The molecule has 90 valence electrons. The molecular weight excluding hydrogens is 216 g/mol. The Kier molecular flexibility index (Phi) is 3.42. The number of para-hydroxylation sites is 1. The molecule has 0 unspecified atom stereocenters. The average molecular weight is 232 g/mol. The molecule has 2 amide bonds. The third-order valence-corrected chi connectivity index (χ3v) is 2.87. The van der Waals surface area contributed by atoms with E-state index >= 15 is 0 Å². The number of anilines is 1. The molecule has 1 heterocycles. The van der Waals surface area contributed by atoms with Gasteiger partial charge in [-0.25, -0.2) is 0 Å². The predicted octanol–water partition coefficient (Wildman–Crippen LogP) is 1.10. The first-order valence-corrected chi connectivity index (χ1v) is 5.87. The quantitative estimate of drug-likeness (QED) is 0.793. The summed E-state index contributed by atoms with van der Waals surface area (Å²) in [5.41, 5.74) is 2.12. The van der Waals surface area contributed by atoms with E-state index in [4.69, 9.17) is 0 Å². The molecule has 0 bridgehead atoms. The molecule has 0 atom stereocenters. The summed E-state index contributed by atoms with van der Waals surface area (Å²) in [5, 5.41) is 2.64. The molecule has 1 aromatic rings. The van der Waals surface area contributed by atoms with Crippen LogP contribution in [0.5, 0.6) is 0 Å². The van der Waals surface area contributed by atoms with Gasteiger partial charge in [-0.2, -0.15) is 0 Å². The lowest BCUT2D eigenvalue weighted by Crippen LogP contribution is -2.34. The van der Waals surface area contributed by atoms with Gasteiger partial charge in [0, 0.05) is 18.8 Å². The number of hydrogen-bond acceptors (Lipinski definition) is 2. The van der Waals surface area contributed by atoms with Gasteiger partial charge in [0.1, 0.15) is 6.42 Å². The number of rotatable bonds is 3. The maximum atomic E-state index is 12.0. The molecular formula is C13H16N2O2. The fourth-order valence-corrected chi connectivity index (χ4v) is 2.09. The van der Waals surface area contributed by atoms with Gasteiger partial charge in [0.2, 0.25) is 11.8 Å². The second kappa shape index (κ2) is 4.99. The highest BCUT2D eigenvalue weighted by molar-refractivity contribution is 6.05. The maximum Gasteiger partial charge on any atom is 0.236 e. The van der Waals surface area contributed by atoms with E-state index in [2.05, 4.69) is 5.32 Å². The standard InChI is InChI=1S/C13H16N2O2/c1-2-14-12(16)9-13(17)15-8-7-10-5-3-4-6-11(10)15/h3-6H,2,7-9H2,1H3,(H,14,16). The first kappa shape index (κ1) is 11.6. The lowest BCUT2D eigenvalue weighted by molar-refractivity contribution is -0.127. The van der Waals surface area contributed by atoms with Gasteiger partial charge in [0.25, 0.3) is 0 Å². The molecule has 17 heavy (non-hydrogen) atoms. The van der Waals surface area contributed by atoms with Crippen LogP contribution >= 0.6 is 0 Å². The van der Waals surface area contributed by atoms with Crippen molar-refractivity contribution in [3.05, 3.63) is 29.8 Å². The maximum absolute atomic E-state index is 12.0. The van der Waals surface area contributed by atoms with E-state index in [9.17, 15) is 9.59 Å². The van der Waals surface area contributed by atoms with E-state index in [1.807, 2.05) is 31.2 Å². The molecule has 1 aliphatic heterocycles. The Morgan fingerprint density at radius 1 is 1.35 bits per heavy atom. The molecule has 1 aromatic carbocycles. The zero-order valence-corrected chi connectivity index (χ0v) is 9.90. The van der Waals surface area contributed by atoms with Crippen molar-refractivity contribution >= 4 is 17.5 Å². The number of hydrogen-bond donors (Lipinski definition) is 1. The van der Waals surface area contributed by atoms with E-state index in [0.29, 0.717) is 13.1 Å². The van der Waals surface area contributed by atoms with E-state index in [0.717, 1.165) is 12.1 Å². The molecule has 1 N–H and O–H groups in total. The van der Waals surface area contributed by atoms with E-state index in [1.165, 1.54) is 5.56 Å². The summed E-state index contributed by atoms with van der Waals surface area (Å²) in [6.07, 6.45) is 0.805. The summed E-state index contributed by atoms with van der Waals surface area (Å²) < 4.78 is 0. The SMILES string of the molecule is CCNC(=O)CC(=O)N1CCc2ccccc21. The molecule has 0 saturated heterocycles. The smallest absolute Gasteiger partial charge is 0.236 e. The van der Waals surface area contributed by atoms with Crippen LogP contribution in [0, 0.1) is 0 Å². The minimum Gasteiger partial charge on any atom is -0.356 e. The summed E-state index contributed by atoms with van der Waals surface area (Å²) in [7, 11) is 0. The van der Waals surface area contributed by atoms with Crippen molar-refractivity contribution in [3.63, 3.8) is 0 Å². The molecule has 0 radical (unpaired) electrons. The van der Waals surface area contributed by atoms with E-state index < -0.39 is 0 Å². The van der Waals surface area contributed by atoms with Crippen molar-refractivity contribution in [1.82, 2.24) is 5.32 Å². The first-order valence-electron chi connectivity index (χ1n) is 5.87. The van der Waals surface area contributed by atoms with E-state index in [1.54, 1.807) is 4.90 Å². The third-order valence-electron chi connectivity index (χ3n) is 2.87.